The van der Waals surface area contributed by atoms with E-state index in [1.807, 2.05) is 18.2 Å². The van der Waals surface area contributed by atoms with E-state index in [0.717, 1.165) is 17.7 Å². The standard InChI is InChI=1S/C25H24N2O5/c1-32-25(31)15-7-9-17(10-8-15)26-20(28)13-27-23(29)21-16-11-18(14-5-3-2-4-6-14)19(12-16)22(21)24(27)30/h2-10,16,18-19,21-22H,11-13H2,1H3,(H,26,28)/t16-,18+,19+,21+,22-/m0/s1. The van der Waals surface area contributed by atoms with Crippen LogP contribution in [0, 0.1) is 23.7 Å². The van der Waals surface area contributed by atoms with Crippen LogP contribution in [-0.2, 0) is 19.1 Å². The average Bonchev–Trinajstić information content (AvgIpc) is 3.47. The molecule has 5 rings (SSSR count). The van der Waals surface area contributed by atoms with Gasteiger partial charge in [0.1, 0.15) is 6.54 Å². The number of anilines is 1. The minimum absolute atomic E-state index is 0.155. The zero-order chi connectivity index (χ0) is 22.4. The number of nitrogens with one attached hydrogen (secondary N) is 1. The molecule has 2 saturated carbocycles. The molecule has 2 aromatic carbocycles. The summed E-state index contributed by atoms with van der Waals surface area (Å²) in [6.07, 6.45) is 1.82. The van der Waals surface area contributed by atoms with Gasteiger partial charge in [0.05, 0.1) is 24.5 Å². The van der Waals surface area contributed by atoms with Crippen molar-refractivity contribution in [3.05, 3.63) is 65.7 Å². The quantitative estimate of drug-likeness (QED) is 0.579. The third kappa shape index (κ3) is 3.28. The van der Waals surface area contributed by atoms with Crippen LogP contribution in [0.15, 0.2) is 54.6 Å². The third-order valence-electron chi connectivity index (χ3n) is 7.23. The number of carbonyl (C=O) groups excluding carboxylic acids is 4. The number of methoxy groups -OCH3 is 1. The highest BCUT2D eigenvalue weighted by atomic mass is 16.5. The van der Waals surface area contributed by atoms with E-state index >= 15 is 0 Å². The van der Waals surface area contributed by atoms with E-state index in [1.165, 1.54) is 12.7 Å². The van der Waals surface area contributed by atoms with Gasteiger partial charge in [0, 0.05) is 5.69 Å². The van der Waals surface area contributed by atoms with Crippen LogP contribution in [-0.4, -0.2) is 42.2 Å². The number of imide groups is 1. The normalized spacial score (nSPS) is 28.0. The van der Waals surface area contributed by atoms with Crippen molar-refractivity contribution in [3.63, 3.8) is 0 Å². The summed E-state index contributed by atoms with van der Waals surface area (Å²) in [6, 6.07) is 16.4. The molecule has 3 fully saturated rings. The number of nitrogens with zero attached hydrogens (tertiary/aromatic N) is 1. The smallest absolute Gasteiger partial charge is 0.337 e. The Labute approximate surface area is 185 Å². The van der Waals surface area contributed by atoms with Crippen LogP contribution in [0.3, 0.4) is 0 Å². The van der Waals surface area contributed by atoms with E-state index in [9.17, 15) is 19.2 Å². The number of hydrogen-bond acceptors (Lipinski definition) is 5. The molecule has 1 aliphatic heterocycles. The summed E-state index contributed by atoms with van der Waals surface area (Å²) in [7, 11) is 1.30. The Hall–Kier alpha value is -3.48. The van der Waals surface area contributed by atoms with E-state index < -0.39 is 11.9 Å². The molecule has 5 atom stereocenters. The molecular weight excluding hydrogens is 408 g/mol. The number of likely N-dealkylation sites (tertiary alicyclic amines) is 1. The molecule has 164 valence electrons. The first-order valence-corrected chi connectivity index (χ1v) is 10.9. The first kappa shape index (κ1) is 20.4. The van der Waals surface area contributed by atoms with Gasteiger partial charge in [0.15, 0.2) is 0 Å². The Bertz CT molecular complexity index is 1080. The van der Waals surface area contributed by atoms with Gasteiger partial charge in [-0.05, 0) is 60.4 Å². The summed E-state index contributed by atoms with van der Waals surface area (Å²) in [5.41, 5.74) is 2.07. The molecule has 32 heavy (non-hydrogen) atoms. The predicted molar refractivity (Wildman–Crippen MR) is 116 cm³/mol. The molecule has 2 aliphatic carbocycles. The molecular formula is C25H24N2O5. The highest BCUT2D eigenvalue weighted by Crippen LogP contribution is 2.61. The lowest BCUT2D eigenvalue weighted by molar-refractivity contribution is -0.143. The Balaban J connectivity index is 1.26. The minimum atomic E-state index is -0.467. The van der Waals surface area contributed by atoms with E-state index in [1.54, 1.807) is 24.3 Å². The van der Waals surface area contributed by atoms with Crippen LogP contribution < -0.4 is 5.32 Å². The Morgan fingerprint density at radius 2 is 1.66 bits per heavy atom. The lowest BCUT2D eigenvalue weighted by atomic mass is 9.73. The SMILES string of the molecule is COC(=O)c1ccc(NC(=O)CN2C(=O)[C@@H]3[C@@H]4C[C@@H]([C@@H]3C2=O)[C@@H](c2ccccc2)C4)cc1. The van der Waals surface area contributed by atoms with E-state index in [-0.39, 0.29) is 42.0 Å². The number of carbonyl (C=O) groups is 4. The van der Waals surface area contributed by atoms with Crippen LogP contribution in [0.1, 0.15) is 34.7 Å². The number of fused-ring (bicyclic) bond motifs is 5. The lowest BCUT2D eigenvalue weighted by Gasteiger charge is -2.28. The molecule has 7 heteroatoms. The fourth-order valence-corrected chi connectivity index (χ4v) is 5.91. The highest BCUT2D eigenvalue weighted by Gasteiger charge is 2.63. The fraction of sp³-hybridized carbons (Fsp3) is 0.360. The summed E-state index contributed by atoms with van der Waals surface area (Å²) in [6.45, 7) is -0.293. The van der Waals surface area contributed by atoms with Crippen molar-refractivity contribution in [2.45, 2.75) is 18.8 Å². The second-order valence-corrected chi connectivity index (χ2v) is 8.84. The minimum Gasteiger partial charge on any atom is -0.465 e. The fourth-order valence-electron chi connectivity index (χ4n) is 5.91. The Kier molecular flexibility index (Phi) is 5.04. The van der Waals surface area contributed by atoms with E-state index in [2.05, 4.69) is 22.2 Å². The number of esters is 1. The summed E-state index contributed by atoms with van der Waals surface area (Å²) < 4.78 is 4.66. The van der Waals surface area contributed by atoms with Gasteiger partial charge < -0.3 is 10.1 Å². The molecule has 1 saturated heterocycles. The molecule has 0 spiro atoms. The van der Waals surface area contributed by atoms with Gasteiger partial charge in [-0.1, -0.05) is 30.3 Å². The van der Waals surface area contributed by atoms with Crippen molar-refractivity contribution < 1.29 is 23.9 Å². The second kappa shape index (κ2) is 7.89. The predicted octanol–water partition coefficient (Wildman–Crippen LogP) is 2.84. The average molecular weight is 432 g/mol. The second-order valence-electron chi connectivity index (χ2n) is 8.84. The molecule has 1 heterocycles. The Morgan fingerprint density at radius 3 is 2.34 bits per heavy atom. The molecule has 1 N–H and O–H groups in total. The maximum atomic E-state index is 13.2. The summed E-state index contributed by atoms with van der Waals surface area (Å²) >= 11 is 0. The number of amides is 3. The lowest BCUT2D eigenvalue weighted by Crippen LogP contribution is -2.39. The van der Waals surface area contributed by atoms with Gasteiger partial charge in [-0.2, -0.15) is 0 Å². The van der Waals surface area contributed by atoms with Crippen LogP contribution in [0.2, 0.25) is 0 Å². The zero-order valence-electron chi connectivity index (χ0n) is 17.7. The van der Waals surface area contributed by atoms with Crippen molar-refractivity contribution in [2.24, 2.45) is 23.7 Å². The van der Waals surface area contributed by atoms with Crippen molar-refractivity contribution in [1.29, 1.82) is 0 Å². The monoisotopic (exact) mass is 432 g/mol. The van der Waals surface area contributed by atoms with Crippen LogP contribution in [0.4, 0.5) is 5.69 Å². The summed E-state index contributed by atoms with van der Waals surface area (Å²) in [4.78, 5) is 51.5. The number of hydrogen-bond donors (Lipinski definition) is 1. The van der Waals surface area contributed by atoms with Gasteiger partial charge >= 0.3 is 5.97 Å². The maximum absolute atomic E-state index is 13.2. The van der Waals surface area contributed by atoms with Crippen molar-refractivity contribution in [3.8, 4) is 0 Å². The van der Waals surface area contributed by atoms with Crippen LogP contribution in [0.5, 0.6) is 0 Å². The zero-order valence-corrected chi connectivity index (χ0v) is 17.7. The molecule has 2 bridgehead atoms. The van der Waals surface area contributed by atoms with Crippen molar-refractivity contribution in [1.82, 2.24) is 4.90 Å². The molecule has 3 amide bonds. The molecule has 2 aromatic rings. The molecule has 0 aromatic heterocycles. The number of ether oxygens (including phenoxy) is 1. The van der Waals surface area contributed by atoms with Crippen molar-refractivity contribution in [2.75, 3.05) is 19.0 Å². The van der Waals surface area contributed by atoms with Crippen LogP contribution in [0.25, 0.3) is 0 Å². The van der Waals surface area contributed by atoms with Gasteiger partial charge in [0.25, 0.3) is 0 Å². The molecule has 0 radical (unpaired) electrons. The van der Waals surface area contributed by atoms with Gasteiger partial charge in [0.2, 0.25) is 17.7 Å². The van der Waals surface area contributed by atoms with E-state index in [4.69, 9.17) is 0 Å². The van der Waals surface area contributed by atoms with Gasteiger partial charge in [-0.25, -0.2) is 4.79 Å². The first-order chi connectivity index (χ1) is 15.5. The third-order valence-corrected chi connectivity index (χ3v) is 7.23. The first-order valence-electron chi connectivity index (χ1n) is 10.9. The summed E-state index contributed by atoms with van der Waals surface area (Å²) in [5.74, 6) is -1.30. The molecule has 7 nitrogen and oxygen atoms in total. The van der Waals surface area contributed by atoms with Crippen LogP contribution >= 0.6 is 0 Å². The highest BCUT2D eigenvalue weighted by molar-refractivity contribution is 6.09. The Morgan fingerprint density at radius 1 is 0.969 bits per heavy atom. The van der Waals surface area contributed by atoms with E-state index in [0.29, 0.717) is 17.2 Å². The van der Waals surface area contributed by atoms with Gasteiger partial charge in [-0.3, -0.25) is 19.3 Å². The topological polar surface area (TPSA) is 92.8 Å². The van der Waals surface area contributed by atoms with Crippen molar-refractivity contribution >= 4 is 29.4 Å². The number of benzene rings is 2. The molecule has 0 unspecified atom stereocenters. The summed E-state index contributed by atoms with van der Waals surface area (Å²) in [5, 5.41) is 2.70. The number of rotatable bonds is 5. The largest absolute Gasteiger partial charge is 0.465 e. The van der Waals surface area contributed by atoms with Gasteiger partial charge in [-0.15, -0.1) is 0 Å². The molecule has 3 aliphatic rings. The maximum Gasteiger partial charge on any atom is 0.337 e.